The van der Waals surface area contributed by atoms with E-state index in [0.717, 1.165) is 24.8 Å². The Balaban J connectivity index is 1.93. The maximum atomic E-state index is 13.4. The molecule has 0 saturated heterocycles. The van der Waals surface area contributed by atoms with E-state index in [-0.39, 0.29) is 53.9 Å². The van der Waals surface area contributed by atoms with Gasteiger partial charge in [0.15, 0.2) is 5.78 Å². The minimum Gasteiger partial charge on any atom is -0.395 e. The highest BCUT2D eigenvalue weighted by Crippen LogP contribution is 2.63. The third-order valence-corrected chi connectivity index (χ3v) is 8.50. The molecule has 0 bridgehead atoms. The van der Waals surface area contributed by atoms with Crippen molar-refractivity contribution in [2.75, 3.05) is 20.2 Å². The number of hydrogen-bond donors (Lipinski definition) is 3. The van der Waals surface area contributed by atoms with Crippen LogP contribution in [0.25, 0.3) is 0 Å². The number of rotatable bonds is 3. The molecule has 0 aromatic heterocycles. The maximum absolute atomic E-state index is 13.4. The molecule has 0 aromatic rings. The number of Topliss-reactive ketones (excluding diaryl/α,β-unsaturated/α-hetero) is 1. The molecule has 0 aromatic carbocycles. The number of likely N-dealkylation sites (N-methyl/N-ethyl adjacent to an activating group) is 1. The molecule has 0 spiro atoms. The van der Waals surface area contributed by atoms with Gasteiger partial charge in [0.1, 0.15) is 6.10 Å². The first kappa shape index (κ1) is 22.4. The first-order chi connectivity index (χ1) is 13.5. The van der Waals surface area contributed by atoms with Gasteiger partial charge >= 0.3 is 0 Å². The Morgan fingerprint density at radius 1 is 1.24 bits per heavy atom. The number of fused-ring (bicyclic) bond motifs is 3. The Morgan fingerprint density at radius 2 is 1.90 bits per heavy atom. The second-order valence-corrected chi connectivity index (χ2v) is 10.4. The largest absolute Gasteiger partial charge is 0.395 e. The van der Waals surface area contributed by atoms with Crippen LogP contribution in [0.1, 0.15) is 53.4 Å². The van der Waals surface area contributed by atoms with Crippen molar-refractivity contribution < 1.29 is 24.9 Å². The SMILES string of the molecule is CC1C(=CC(=O)N(C)CCO)CCC2C1C(O)C(=O)C1C(C)(C)C(O)CCC21C. The molecule has 3 rings (SSSR count). The molecule has 3 N–H and O–H groups in total. The summed E-state index contributed by atoms with van der Waals surface area (Å²) in [6.07, 6.45) is 3.10. The molecule has 6 nitrogen and oxygen atoms in total. The summed E-state index contributed by atoms with van der Waals surface area (Å²) in [5.74, 6) is -0.733. The van der Waals surface area contributed by atoms with Gasteiger partial charge in [-0.1, -0.05) is 33.3 Å². The van der Waals surface area contributed by atoms with Gasteiger partial charge in [0.05, 0.1) is 12.7 Å². The minimum absolute atomic E-state index is 0.0630. The molecule has 3 aliphatic carbocycles. The van der Waals surface area contributed by atoms with Gasteiger partial charge in [-0.05, 0) is 42.9 Å². The zero-order valence-electron chi connectivity index (χ0n) is 18.4. The van der Waals surface area contributed by atoms with Crippen molar-refractivity contribution in [1.29, 1.82) is 0 Å². The fourth-order valence-corrected chi connectivity index (χ4v) is 6.79. The summed E-state index contributed by atoms with van der Waals surface area (Å²) in [5.41, 5.74) is 0.171. The number of carbonyl (C=O) groups excluding carboxylic acids is 2. The van der Waals surface area contributed by atoms with Crippen LogP contribution in [0.5, 0.6) is 0 Å². The highest BCUT2D eigenvalue weighted by atomic mass is 16.3. The van der Waals surface area contributed by atoms with E-state index in [4.69, 9.17) is 5.11 Å². The zero-order chi connectivity index (χ0) is 21.7. The highest BCUT2D eigenvalue weighted by molar-refractivity contribution is 5.89. The van der Waals surface area contributed by atoms with E-state index in [1.807, 2.05) is 20.8 Å². The predicted octanol–water partition coefficient (Wildman–Crippen LogP) is 1.77. The Morgan fingerprint density at radius 3 is 2.52 bits per heavy atom. The Kier molecular flexibility index (Phi) is 6.03. The molecule has 0 heterocycles. The van der Waals surface area contributed by atoms with Crippen molar-refractivity contribution in [2.24, 2.45) is 34.5 Å². The molecule has 164 valence electrons. The minimum atomic E-state index is -1.06. The van der Waals surface area contributed by atoms with Gasteiger partial charge < -0.3 is 20.2 Å². The molecular formula is C23H37NO5. The van der Waals surface area contributed by atoms with Crippen LogP contribution in [-0.4, -0.2) is 64.3 Å². The summed E-state index contributed by atoms with van der Waals surface area (Å²) in [6.45, 7) is 8.30. The maximum Gasteiger partial charge on any atom is 0.246 e. The summed E-state index contributed by atoms with van der Waals surface area (Å²) in [7, 11) is 1.66. The lowest BCUT2D eigenvalue weighted by atomic mass is 9.42. The number of aliphatic hydroxyl groups excluding tert-OH is 3. The van der Waals surface area contributed by atoms with Crippen molar-refractivity contribution in [3.8, 4) is 0 Å². The van der Waals surface area contributed by atoms with E-state index in [2.05, 4.69) is 6.92 Å². The molecule has 0 aliphatic heterocycles. The molecular weight excluding hydrogens is 370 g/mol. The highest BCUT2D eigenvalue weighted by Gasteiger charge is 2.64. The smallest absolute Gasteiger partial charge is 0.246 e. The van der Waals surface area contributed by atoms with Crippen molar-refractivity contribution in [3.63, 3.8) is 0 Å². The number of ketones is 1. The van der Waals surface area contributed by atoms with Crippen molar-refractivity contribution in [1.82, 2.24) is 4.90 Å². The number of carbonyl (C=O) groups is 2. The van der Waals surface area contributed by atoms with E-state index in [0.29, 0.717) is 6.42 Å². The van der Waals surface area contributed by atoms with Crippen LogP contribution in [0.15, 0.2) is 11.6 Å². The van der Waals surface area contributed by atoms with Gasteiger partial charge in [0, 0.05) is 36.9 Å². The van der Waals surface area contributed by atoms with Gasteiger partial charge in [-0.15, -0.1) is 0 Å². The van der Waals surface area contributed by atoms with Gasteiger partial charge in [0.25, 0.3) is 0 Å². The van der Waals surface area contributed by atoms with E-state index in [1.54, 1.807) is 13.1 Å². The van der Waals surface area contributed by atoms with Crippen molar-refractivity contribution in [3.05, 3.63) is 11.6 Å². The average Bonchev–Trinajstić information content (AvgIpc) is 2.65. The molecule has 6 heteroatoms. The Bertz CT molecular complexity index is 701. The second kappa shape index (κ2) is 7.78. The van der Waals surface area contributed by atoms with Gasteiger partial charge in [-0.2, -0.15) is 0 Å². The van der Waals surface area contributed by atoms with Crippen LogP contribution in [0.3, 0.4) is 0 Å². The van der Waals surface area contributed by atoms with Crippen LogP contribution in [-0.2, 0) is 9.59 Å². The first-order valence-corrected chi connectivity index (χ1v) is 10.9. The normalized spacial score (nSPS) is 42.9. The summed E-state index contributed by atoms with van der Waals surface area (Å²) in [6, 6.07) is 0. The van der Waals surface area contributed by atoms with Gasteiger partial charge in [-0.25, -0.2) is 0 Å². The third kappa shape index (κ3) is 3.47. The monoisotopic (exact) mass is 407 g/mol. The lowest BCUT2D eigenvalue weighted by Gasteiger charge is -2.62. The number of nitrogens with zero attached hydrogens (tertiary/aromatic N) is 1. The lowest BCUT2D eigenvalue weighted by molar-refractivity contribution is -0.194. The van der Waals surface area contributed by atoms with E-state index >= 15 is 0 Å². The fraction of sp³-hybridized carbons (Fsp3) is 0.826. The average molecular weight is 408 g/mol. The van der Waals surface area contributed by atoms with Crippen molar-refractivity contribution in [2.45, 2.75) is 65.6 Å². The standard InChI is InChI=1S/C23H37NO5/c1-13-14(12-17(27)24(5)10-11-25)6-7-15-18(13)19(28)20(29)21-22(2,3)16(26)8-9-23(15,21)4/h12-13,15-16,18-19,21,25-26,28H,6-11H2,1-5H3. The summed E-state index contributed by atoms with van der Waals surface area (Å²) >= 11 is 0. The first-order valence-electron chi connectivity index (χ1n) is 10.9. The summed E-state index contributed by atoms with van der Waals surface area (Å²) in [5, 5.41) is 30.7. The van der Waals surface area contributed by atoms with Gasteiger partial charge in [0.2, 0.25) is 5.91 Å². The Hall–Kier alpha value is -1.24. The number of hydrogen-bond acceptors (Lipinski definition) is 5. The molecule has 0 radical (unpaired) electrons. The van der Waals surface area contributed by atoms with Crippen LogP contribution < -0.4 is 0 Å². The van der Waals surface area contributed by atoms with Crippen LogP contribution in [0.2, 0.25) is 0 Å². The number of allylic oxidation sites excluding steroid dienone is 1. The topological polar surface area (TPSA) is 98.1 Å². The molecule has 7 unspecified atom stereocenters. The molecule has 7 atom stereocenters. The zero-order valence-corrected chi connectivity index (χ0v) is 18.4. The molecule has 3 saturated carbocycles. The van der Waals surface area contributed by atoms with E-state index in [9.17, 15) is 19.8 Å². The number of amides is 1. The number of aliphatic hydroxyl groups is 3. The summed E-state index contributed by atoms with van der Waals surface area (Å²) in [4.78, 5) is 27.3. The second-order valence-electron chi connectivity index (χ2n) is 10.4. The summed E-state index contributed by atoms with van der Waals surface area (Å²) < 4.78 is 0. The molecule has 3 aliphatic rings. The molecule has 29 heavy (non-hydrogen) atoms. The molecule has 1 amide bonds. The quantitative estimate of drug-likeness (QED) is 0.620. The van der Waals surface area contributed by atoms with Crippen LogP contribution in [0, 0.1) is 34.5 Å². The van der Waals surface area contributed by atoms with Crippen molar-refractivity contribution >= 4 is 11.7 Å². The molecule has 3 fully saturated rings. The predicted molar refractivity (Wildman–Crippen MR) is 110 cm³/mol. The fourth-order valence-electron chi connectivity index (χ4n) is 6.79. The Labute approximate surface area is 174 Å². The van der Waals surface area contributed by atoms with Gasteiger partial charge in [-0.3, -0.25) is 9.59 Å². The van der Waals surface area contributed by atoms with Crippen LogP contribution in [0.4, 0.5) is 0 Å². The van der Waals surface area contributed by atoms with E-state index < -0.39 is 17.6 Å². The van der Waals surface area contributed by atoms with E-state index in [1.165, 1.54) is 4.90 Å². The van der Waals surface area contributed by atoms with Crippen LogP contribution >= 0.6 is 0 Å². The third-order valence-electron chi connectivity index (χ3n) is 8.50. The lowest BCUT2D eigenvalue weighted by Crippen LogP contribution is -2.65.